The van der Waals surface area contributed by atoms with Crippen LogP contribution in [0, 0.1) is 0 Å². The van der Waals surface area contributed by atoms with Crippen LogP contribution >= 0.6 is 11.8 Å². The van der Waals surface area contributed by atoms with Crippen LogP contribution in [-0.4, -0.2) is 60.2 Å². The summed E-state index contributed by atoms with van der Waals surface area (Å²) in [5, 5.41) is 18.3. The zero-order valence-corrected chi connectivity index (χ0v) is 12.8. The Morgan fingerprint density at radius 1 is 1.38 bits per heavy atom. The first-order valence-corrected chi connectivity index (χ1v) is 7.57. The number of carbonyl (C=O) groups excluding carboxylic acids is 1. The van der Waals surface area contributed by atoms with Crippen LogP contribution in [0.15, 0.2) is 18.2 Å². The number of rotatable bonds is 6. The Bertz CT molecular complexity index is 510. The summed E-state index contributed by atoms with van der Waals surface area (Å²) < 4.78 is 10.5. The largest absolute Gasteiger partial charge is 0.493 e. The van der Waals surface area contributed by atoms with Gasteiger partial charge < -0.3 is 24.6 Å². The molecule has 2 atom stereocenters. The van der Waals surface area contributed by atoms with Crippen LogP contribution < -0.4 is 9.47 Å². The standard InChI is InChI=1S/C14H19NO5S/c1-19-11-4-3-9(5-12(11)20-2)14-15(6-10(17)7-16)13(18)8-21-14/h3-5,10,14,16-17H,6-8H2,1-2H3. The summed E-state index contributed by atoms with van der Waals surface area (Å²) in [6.07, 6.45) is -0.935. The third kappa shape index (κ3) is 3.42. The highest BCUT2D eigenvalue weighted by Crippen LogP contribution is 2.41. The third-order valence-electron chi connectivity index (χ3n) is 3.28. The molecule has 2 rings (SSSR count). The van der Waals surface area contributed by atoms with Gasteiger partial charge in [-0.05, 0) is 17.7 Å². The number of thioether (sulfide) groups is 1. The van der Waals surface area contributed by atoms with Crippen LogP contribution in [0.25, 0.3) is 0 Å². The molecule has 1 heterocycles. The van der Waals surface area contributed by atoms with E-state index in [1.807, 2.05) is 12.1 Å². The lowest BCUT2D eigenvalue weighted by molar-refractivity contribution is -0.129. The number of benzene rings is 1. The zero-order valence-electron chi connectivity index (χ0n) is 12.0. The Kier molecular flexibility index (Phi) is 5.33. The molecule has 1 aliphatic rings. The highest BCUT2D eigenvalue weighted by Gasteiger charge is 2.34. The van der Waals surface area contributed by atoms with Crippen molar-refractivity contribution < 1.29 is 24.5 Å². The molecule has 21 heavy (non-hydrogen) atoms. The van der Waals surface area contributed by atoms with Crippen molar-refractivity contribution in [2.24, 2.45) is 0 Å². The molecule has 7 heteroatoms. The van der Waals surface area contributed by atoms with E-state index in [2.05, 4.69) is 0 Å². The summed E-state index contributed by atoms with van der Waals surface area (Å²) >= 11 is 1.48. The van der Waals surface area contributed by atoms with Gasteiger partial charge in [0.2, 0.25) is 5.91 Å². The molecule has 1 aromatic carbocycles. The molecule has 1 saturated heterocycles. The Labute approximate surface area is 127 Å². The number of β-amino-alcohol motifs (C(OH)–C–C–N with tert-alkyl or cyclic N) is 1. The van der Waals surface area contributed by atoms with Gasteiger partial charge in [0.1, 0.15) is 5.37 Å². The maximum absolute atomic E-state index is 11.9. The van der Waals surface area contributed by atoms with Crippen molar-refractivity contribution in [3.05, 3.63) is 23.8 Å². The van der Waals surface area contributed by atoms with Crippen molar-refractivity contribution >= 4 is 17.7 Å². The van der Waals surface area contributed by atoms with E-state index >= 15 is 0 Å². The van der Waals surface area contributed by atoms with Gasteiger partial charge in [-0.1, -0.05) is 6.07 Å². The topological polar surface area (TPSA) is 79.2 Å². The van der Waals surface area contributed by atoms with Crippen molar-refractivity contribution in [1.82, 2.24) is 4.90 Å². The van der Waals surface area contributed by atoms with E-state index in [0.717, 1.165) is 5.56 Å². The highest BCUT2D eigenvalue weighted by atomic mass is 32.2. The fourth-order valence-corrected chi connectivity index (χ4v) is 3.41. The van der Waals surface area contributed by atoms with Gasteiger partial charge in [0.25, 0.3) is 0 Å². The highest BCUT2D eigenvalue weighted by molar-refractivity contribution is 8.00. The van der Waals surface area contributed by atoms with E-state index in [0.29, 0.717) is 17.3 Å². The van der Waals surface area contributed by atoms with E-state index < -0.39 is 6.10 Å². The van der Waals surface area contributed by atoms with Crippen LogP contribution in [0.5, 0.6) is 11.5 Å². The van der Waals surface area contributed by atoms with Crippen molar-refractivity contribution in [1.29, 1.82) is 0 Å². The number of methoxy groups -OCH3 is 2. The van der Waals surface area contributed by atoms with Crippen LogP contribution in [0.4, 0.5) is 0 Å². The van der Waals surface area contributed by atoms with E-state index in [4.69, 9.17) is 14.6 Å². The lowest BCUT2D eigenvalue weighted by Crippen LogP contribution is -2.37. The monoisotopic (exact) mass is 313 g/mol. The smallest absolute Gasteiger partial charge is 0.233 e. The molecule has 1 aromatic rings. The number of aliphatic hydroxyl groups is 2. The second-order valence-electron chi connectivity index (χ2n) is 4.66. The summed E-state index contributed by atoms with van der Waals surface area (Å²) in [6.45, 7) is -0.256. The average Bonchev–Trinajstić information content (AvgIpc) is 2.87. The number of amides is 1. The van der Waals surface area contributed by atoms with Crippen LogP contribution in [-0.2, 0) is 4.79 Å². The van der Waals surface area contributed by atoms with Gasteiger partial charge in [0.15, 0.2) is 11.5 Å². The minimum atomic E-state index is -0.935. The van der Waals surface area contributed by atoms with Gasteiger partial charge in [-0.3, -0.25) is 4.79 Å². The predicted octanol–water partition coefficient (Wildman–Crippen LogP) is 0.631. The number of hydrogen-bond donors (Lipinski definition) is 2. The molecule has 6 nitrogen and oxygen atoms in total. The number of ether oxygens (including phenoxy) is 2. The third-order valence-corrected chi connectivity index (χ3v) is 4.54. The normalized spacial score (nSPS) is 19.7. The number of hydrogen-bond acceptors (Lipinski definition) is 6. The number of nitrogens with zero attached hydrogens (tertiary/aromatic N) is 1. The molecule has 2 unspecified atom stereocenters. The molecule has 0 saturated carbocycles. The molecule has 1 aliphatic heterocycles. The number of carbonyl (C=O) groups is 1. The molecule has 1 fully saturated rings. The molecular formula is C14H19NO5S. The first-order valence-electron chi connectivity index (χ1n) is 6.52. The second-order valence-corrected chi connectivity index (χ2v) is 5.73. The van der Waals surface area contributed by atoms with E-state index in [1.54, 1.807) is 25.2 Å². The van der Waals surface area contributed by atoms with Crippen molar-refractivity contribution in [3.8, 4) is 11.5 Å². The molecule has 0 spiro atoms. The summed E-state index contributed by atoms with van der Waals surface area (Å²) in [7, 11) is 3.12. The second kappa shape index (κ2) is 7.02. The minimum absolute atomic E-state index is 0.0488. The van der Waals surface area contributed by atoms with Gasteiger partial charge in [-0.15, -0.1) is 11.8 Å². The van der Waals surface area contributed by atoms with Gasteiger partial charge in [0, 0.05) is 0 Å². The van der Waals surface area contributed by atoms with Gasteiger partial charge in [-0.25, -0.2) is 0 Å². The molecule has 1 amide bonds. The lowest BCUT2D eigenvalue weighted by Gasteiger charge is -2.26. The minimum Gasteiger partial charge on any atom is -0.493 e. The Balaban J connectivity index is 2.25. The molecule has 2 N–H and O–H groups in total. The maximum atomic E-state index is 11.9. The Morgan fingerprint density at radius 2 is 2.10 bits per heavy atom. The maximum Gasteiger partial charge on any atom is 0.233 e. The number of aliphatic hydroxyl groups excluding tert-OH is 2. The quantitative estimate of drug-likeness (QED) is 0.802. The SMILES string of the molecule is COc1ccc(C2SCC(=O)N2CC(O)CO)cc1OC. The van der Waals surface area contributed by atoms with Crippen molar-refractivity contribution in [3.63, 3.8) is 0 Å². The first-order chi connectivity index (χ1) is 10.1. The summed E-state index contributed by atoms with van der Waals surface area (Å²) in [6, 6.07) is 5.49. The predicted molar refractivity (Wildman–Crippen MR) is 79.6 cm³/mol. The summed E-state index contributed by atoms with van der Waals surface area (Å²) in [5.41, 5.74) is 0.897. The zero-order chi connectivity index (χ0) is 15.4. The van der Waals surface area contributed by atoms with Crippen LogP contribution in [0.1, 0.15) is 10.9 Å². The van der Waals surface area contributed by atoms with E-state index in [1.165, 1.54) is 11.8 Å². The average molecular weight is 313 g/mol. The van der Waals surface area contributed by atoms with Crippen molar-refractivity contribution in [2.75, 3.05) is 33.1 Å². The molecule has 0 radical (unpaired) electrons. The van der Waals surface area contributed by atoms with E-state index in [-0.39, 0.29) is 24.4 Å². The molecule has 0 aliphatic carbocycles. The van der Waals surface area contributed by atoms with Gasteiger partial charge >= 0.3 is 0 Å². The molecule has 0 aromatic heterocycles. The molecular weight excluding hydrogens is 294 g/mol. The van der Waals surface area contributed by atoms with Crippen LogP contribution in [0.3, 0.4) is 0 Å². The lowest BCUT2D eigenvalue weighted by atomic mass is 10.1. The Morgan fingerprint density at radius 3 is 2.71 bits per heavy atom. The summed E-state index contributed by atoms with van der Waals surface area (Å²) in [4.78, 5) is 13.5. The van der Waals surface area contributed by atoms with Crippen molar-refractivity contribution in [2.45, 2.75) is 11.5 Å². The first kappa shape index (κ1) is 15.9. The fraction of sp³-hybridized carbons (Fsp3) is 0.500. The van der Waals surface area contributed by atoms with Gasteiger partial charge in [0.05, 0.1) is 39.2 Å². The molecule has 116 valence electrons. The van der Waals surface area contributed by atoms with E-state index in [9.17, 15) is 9.90 Å². The molecule has 0 bridgehead atoms. The Hall–Kier alpha value is -1.44. The van der Waals surface area contributed by atoms with Gasteiger partial charge in [-0.2, -0.15) is 0 Å². The fourth-order valence-electron chi connectivity index (χ4n) is 2.22. The van der Waals surface area contributed by atoms with Crippen LogP contribution in [0.2, 0.25) is 0 Å². The summed E-state index contributed by atoms with van der Waals surface area (Å²) in [5.74, 6) is 1.53.